The lowest BCUT2D eigenvalue weighted by molar-refractivity contribution is -0.137. The summed E-state index contributed by atoms with van der Waals surface area (Å²) in [5.74, 6) is -0.458. The van der Waals surface area contributed by atoms with Gasteiger partial charge in [0.05, 0.1) is 17.0 Å². The lowest BCUT2D eigenvalue weighted by Crippen LogP contribution is -2.26. The number of nitrogens with one attached hydrogen (secondary N) is 1. The smallest absolute Gasteiger partial charge is 0.347 e. The number of carbonyl (C=O) groups is 1. The van der Waals surface area contributed by atoms with Crippen LogP contribution in [0.25, 0.3) is 16.9 Å². The molecule has 0 fully saturated rings. The third-order valence-corrected chi connectivity index (χ3v) is 5.21. The average molecular weight is 452 g/mol. The van der Waals surface area contributed by atoms with E-state index in [9.17, 15) is 18.0 Å². The molecule has 170 valence electrons. The summed E-state index contributed by atoms with van der Waals surface area (Å²) in [6, 6.07) is 17.8. The van der Waals surface area contributed by atoms with Gasteiger partial charge in [-0.3, -0.25) is 4.79 Å². The zero-order valence-corrected chi connectivity index (χ0v) is 18.4. The number of benzene rings is 2. The Balaban J connectivity index is 1.71. The van der Waals surface area contributed by atoms with Crippen LogP contribution in [-0.2, 0) is 18.1 Å². The molecule has 0 unspecified atom stereocenters. The van der Waals surface area contributed by atoms with Crippen LogP contribution in [-0.4, -0.2) is 20.5 Å². The molecule has 0 aliphatic carbocycles. The summed E-state index contributed by atoms with van der Waals surface area (Å²) in [4.78, 5) is 17.8. The number of nitrogens with zero attached hydrogens (tertiary/aromatic N) is 3. The summed E-state index contributed by atoms with van der Waals surface area (Å²) in [6.45, 7) is 5.99. The number of alkyl halides is 3. The molecular formula is C25H23F3N4O. The predicted molar refractivity (Wildman–Crippen MR) is 120 cm³/mol. The van der Waals surface area contributed by atoms with E-state index in [1.54, 1.807) is 12.1 Å². The highest BCUT2D eigenvalue weighted by Gasteiger charge is 2.30. The summed E-state index contributed by atoms with van der Waals surface area (Å²) in [5, 5.41) is 7.30. The molecule has 0 bridgehead atoms. The van der Waals surface area contributed by atoms with Crippen LogP contribution in [0.15, 0.2) is 66.7 Å². The fourth-order valence-electron chi connectivity index (χ4n) is 3.39. The van der Waals surface area contributed by atoms with Crippen LogP contribution in [0.1, 0.15) is 48.1 Å². The first-order chi connectivity index (χ1) is 15.5. The summed E-state index contributed by atoms with van der Waals surface area (Å²) < 4.78 is 40.5. The predicted octanol–water partition coefficient (Wildman–Crippen LogP) is 5.64. The number of hydrogen-bond donors (Lipinski definition) is 1. The van der Waals surface area contributed by atoms with E-state index in [1.807, 2.05) is 57.2 Å². The Morgan fingerprint density at radius 3 is 2.36 bits per heavy atom. The zero-order chi connectivity index (χ0) is 23.8. The van der Waals surface area contributed by atoms with Crippen molar-refractivity contribution < 1.29 is 18.0 Å². The van der Waals surface area contributed by atoms with Crippen LogP contribution < -0.4 is 5.32 Å². The minimum Gasteiger partial charge on any atom is -0.347 e. The van der Waals surface area contributed by atoms with E-state index in [0.717, 1.165) is 23.4 Å². The van der Waals surface area contributed by atoms with Crippen molar-refractivity contribution in [3.05, 3.63) is 89.2 Å². The largest absolute Gasteiger partial charge is 0.416 e. The molecule has 0 saturated heterocycles. The van der Waals surface area contributed by atoms with Crippen molar-refractivity contribution >= 4 is 11.6 Å². The molecule has 5 nitrogen and oxygen atoms in total. The number of fused-ring (bicyclic) bond motifs is 1. The second kappa shape index (κ2) is 8.35. The molecule has 1 N–H and O–H groups in total. The standard InChI is InChI=1S/C25H23F3N4O/c1-24(2,3)21-14-22-30-19(17-9-5-4-6-10-17)13-20(32(22)31-21)23(33)29-15-16-8-7-11-18(12-16)25(26,27)28/h4-14H,15H2,1-3H3,(H,29,33). The molecular weight excluding hydrogens is 429 g/mol. The van der Waals surface area contributed by atoms with E-state index < -0.39 is 17.6 Å². The summed E-state index contributed by atoms with van der Waals surface area (Å²) in [6.07, 6.45) is -4.44. The monoisotopic (exact) mass is 452 g/mol. The number of rotatable bonds is 4. The Hall–Kier alpha value is -3.68. The van der Waals surface area contributed by atoms with Gasteiger partial charge in [0.15, 0.2) is 5.65 Å². The maximum absolute atomic E-state index is 13.1. The SMILES string of the molecule is CC(C)(C)c1cc2nc(-c3ccccc3)cc(C(=O)NCc3cccc(C(F)(F)F)c3)n2n1. The van der Waals surface area contributed by atoms with Crippen LogP contribution in [0.5, 0.6) is 0 Å². The molecule has 0 spiro atoms. The Bertz CT molecular complexity index is 1300. The fourth-order valence-corrected chi connectivity index (χ4v) is 3.39. The molecule has 0 aliphatic heterocycles. The van der Waals surface area contributed by atoms with Gasteiger partial charge >= 0.3 is 6.18 Å². The van der Waals surface area contributed by atoms with Gasteiger partial charge in [0.2, 0.25) is 0 Å². The Morgan fingerprint density at radius 1 is 0.970 bits per heavy atom. The quantitative estimate of drug-likeness (QED) is 0.436. The zero-order valence-electron chi connectivity index (χ0n) is 18.4. The molecule has 0 atom stereocenters. The van der Waals surface area contributed by atoms with Crippen molar-refractivity contribution in [3.63, 3.8) is 0 Å². The lowest BCUT2D eigenvalue weighted by atomic mass is 9.93. The molecule has 8 heteroatoms. The summed E-state index contributed by atoms with van der Waals surface area (Å²) >= 11 is 0. The Labute approximate surface area is 189 Å². The van der Waals surface area contributed by atoms with E-state index >= 15 is 0 Å². The van der Waals surface area contributed by atoms with Crippen LogP contribution in [0.3, 0.4) is 0 Å². The summed E-state index contributed by atoms with van der Waals surface area (Å²) in [5.41, 5.74) is 2.32. The van der Waals surface area contributed by atoms with Gasteiger partial charge in [0, 0.05) is 23.6 Å². The first kappa shape index (κ1) is 22.5. The van der Waals surface area contributed by atoms with Gasteiger partial charge in [-0.25, -0.2) is 9.50 Å². The maximum Gasteiger partial charge on any atom is 0.416 e. The Morgan fingerprint density at radius 2 is 1.70 bits per heavy atom. The highest BCUT2D eigenvalue weighted by atomic mass is 19.4. The van der Waals surface area contributed by atoms with E-state index in [2.05, 4.69) is 15.4 Å². The normalized spacial score (nSPS) is 12.2. The van der Waals surface area contributed by atoms with Crippen molar-refractivity contribution in [1.29, 1.82) is 0 Å². The molecule has 2 aromatic carbocycles. The van der Waals surface area contributed by atoms with Gasteiger partial charge in [0.1, 0.15) is 5.69 Å². The van der Waals surface area contributed by atoms with Crippen molar-refractivity contribution in [1.82, 2.24) is 19.9 Å². The van der Waals surface area contributed by atoms with Crippen molar-refractivity contribution in [3.8, 4) is 11.3 Å². The van der Waals surface area contributed by atoms with Gasteiger partial charge < -0.3 is 5.32 Å². The molecule has 1 amide bonds. The second-order valence-corrected chi connectivity index (χ2v) is 8.82. The van der Waals surface area contributed by atoms with Crippen LogP contribution in [0.2, 0.25) is 0 Å². The third kappa shape index (κ3) is 4.89. The van der Waals surface area contributed by atoms with Gasteiger partial charge in [0.25, 0.3) is 5.91 Å². The van der Waals surface area contributed by atoms with E-state index in [1.165, 1.54) is 10.6 Å². The van der Waals surface area contributed by atoms with Crippen molar-refractivity contribution in [2.24, 2.45) is 0 Å². The number of amides is 1. The van der Waals surface area contributed by atoms with Gasteiger partial charge in [-0.2, -0.15) is 18.3 Å². The van der Waals surface area contributed by atoms with Gasteiger partial charge in [-0.15, -0.1) is 0 Å². The number of hydrogen-bond acceptors (Lipinski definition) is 3. The van der Waals surface area contributed by atoms with Crippen LogP contribution >= 0.6 is 0 Å². The lowest BCUT2D eigenvalue weighted by Gasteiger charge is -2.14. The number of aromatic nitrogens is 3. The molecule has 33 heavy (non-hydrogen) atoms. The fraction of sp³-hybridized carbons (Fsp3) is 0.240. The summed E-state index contributed by atoms with van der Waals surface area (Å²) in [7, 11) is 0. The molecule has 4 aromatic rings. The number of halogens is 3. The third-order valence-electron chi connectivity index (χ3n) is 5.21. The van der Waals surface area contributed by atoms with E-state index in [0.29, 0.717) is 16.9 Å². The van der Waals surface area contributed by atoms with Crippen LogP contribution in [0.4, 0.5) is 13.2 Å². The van der Waals surface area contributed by atoms with E-state index in [4.69, 9.17) is 0 Å². The first-order valence-electron chi connectivity index (χ1n) is 10.4. The minimum absolute atomic E-state index is 0.0549. The van der Waals surface area contributed by atoms with Gasteiger partial charge in [-0.05, 0) is 23.8 Å². The first-order valence-corrected chi connectivity index (χ1v) is 10.4. The second-order valence-electron chi connectivity index (χ2n) is 8.82. The molecule has 0 radical (unpaired) electrons. The topological polar surface area (TPSA) is 59.3 Å². The maximum atomic E-state index is 13.1. The average Bonchev–Trinajstić information content (AvgIpc) is 3.22. The number of carbonyl (C=O) groups excluding carboxylic acids is 1. The highest BCUT2D eigenvalue weighted by Crippen LogP contribution is 2.29. The van der Waals surface area contributed by atoms with Crippen LogP contribution in [0, 0.1) is 0 Å². The van der Waals surface area contributed by atoms with E-state index in [-0.39, 0.29) is 17.7 Å². The van der Waals surface area contributed by atoms with Gasteiger partial charge in [-0.1, -0.05) is 63.2 Å². The molecule has 2 aromatic heterocycles. The van der Waals surface area contributed by atoms with Crippen molar-refractivity contribution in [2.45, 2.75) is 38.9 Å². The Kier molecular flexibility index (Phi) is 5.69. The van der Waals surface area contributed by atoms with Crippen molar-refractivity contribution in [2.75, 3.05) is 0 Å². The minimum atomic E-state index is -4.44. The molecule has 2 heterocycles. The molecule has 0 aliphatic rings. The molecule has 4 rings (SSSR count). The molecule has 0 saturated carbocycles. The highest BCUT2D eigenvalue weighted by molar-refractivity contribution is 5.94.